The van der Waals surface area contributed by atoms with Crippen LogP contribution in [0, 0.1) is 0 Å². The minimum absolute atomic E-state index is 0.0723. The molecule has 0 atom stereocenters. The van der Waals surface area contributed by atoms with Crippen molar-refractivity contribution in [2.24, 2.45) is 0 Å². The first-order chi connectivity index (χ1) is 17.7. The van der Waals surface area contributed by atoms with Crippen molar-refractivity contribution in [2.75, 3.05) is 10.0 Å². The van der Waals surface area contributed by atoms with Gasteiger partial charge in [0.05, 0.1) is 4.90 Å². The Labute approximate surface area is 219 Å². The first-order valence-corrected chi connectivity index (χ1v) is 13.9. The third kappa shape index (κ3) is 5.76. The van der Waals surface area contributed by atoms with Gasteiger partial charge in [-0.25, -0.2) is 13.4 Å². The fourth-order valence-electron chi connectivity index (χ4n) is 3.98. The van der Waals surface area contributed by atoms with Crippen molar-refractivity contribution < 1.29 is 22.7 Å². The topological polar surface area (TPSA) is 107 Å². The van der Waals surface area contributed by atoms with Crippen LogP contribution in [-0.4, -0.2) is 24.9 Å². The molecule has 0 saturated carbocycles. The second-order valence-corrected chi connectivity index (χ2v) is 11.8. The first-order valence-electron chi connectivity index (χ1n) is 11.5. The van der Waals surface area contributed by atoms with E-state index in [9.17, 15) is 13.2 Å². The number of anilines is 2. The van der Waals surface area contributed by atoms with Crippen molar-refractivity contribution in [2.45, 2.75) is 37.4 Å². The number of para-hydroxylation sites is 1. The summed E-state index contributed by atoms with van der Waals surface area (Å²) in [6, 6.07) is 19.0. The minimum atomic E-state index is -3.75. The molecule has 0 radical (unpaired) electrons. The Morgan fingerprint density at radius 2 is 1.84 bits per heavy atom. The maximum atomic E-state index is 12.7. The zero-order valence-electron chi connectivity index (χ0n) is 20.2. The van der Waals surface area contributed by atoms with Crippen LogP contribution in [-0.2, 0) is 23.1 Å². The van der Waals surface area contributed by atoms with Crippen molar-refractivity contribution in [3.8, 4) is 11.5 Å². The lowest BCUT2D eigenvalue weighted by molar-refractivity contribution is 0.102. The molecule has 0 spiro atoms. The van der Waals surface area contributed by atoms with Crippen molar-refractivity contribution in [1.29, 1.82) is 0 Å². The summed E-state index contributed by atoms with van der Waals surface area (Å²) in [6.07, 6.45) is 2.36. The van der Waals surface area contributed by atoms with Crippen molar-refractivity contribution in [3.63, 3.8) is 0 Å². The number of carbonyl (C=O) groups is 1. The van der Waals surface area contributed by atoms with Crippen LogP contribution in [0.1, 0.15) is 35.3 Å². The summed E-state index contributed by atoms with van der Waals surface area (Å²) in [7, 11) is -3.75. The maximum Gasteiger partial charge on any atom is 0.263 e. The third-order valence-electron chi connectivity index (χ3n) is 5.74. The highest BCUT2D eigenvalue weighted by Crippen LogP contribution is 2.42. The molecule has 2 N–H and O–H groups in total. The Morgan fingerprint density at radius 1 is 1.08 bits per heavy atom. The van der Waals surface area contributed by atoms with Crippen LogP contribution in [0.25, 0.3) is 0 Å². The number of ether oxygens (including phenoxy) is 2. The van der Waals surface area contributed by atoms with E-state index in [1.54, 1.807) is 17.5 Å². The molecule has 3 aromatic carbocycles. The summed E-state index contributed by atoms with van der Waals surface area (Å²) in [4.78, 5) is 16.7. The van der Waals surface area contributed by atoms with Crippen LogP contribution in [0.4, 0.5) is 10.8 Å². The van der Waals surface area contributed by atoms with Crippen LogP contribution >= 0.6 is 11.3 Å². The SMILES string of the molecule is CC1(C)Cc2cccc(OCc3ccc(C(=O)Nc4ccc(S(=O)(=O)Nc5nccs5)cc4)cc3)c2O1. The van der Waals surface area contributed by atoms with Gasteiger partial charge in [-0.2, -0.15) is 0 Å². The number of nitrogens with zero attached hydrogens (tertiary/aromatic N) is 1. The molecule has 0 fully saturated rings. The molecule has 8 nitrogen and oxygen atoms in total. The summed E-state index contributed by atoms with van der Waals surface area (Å²) in [5.41, 5.74) is 2.75. The molecule has 190 valence electrons. The molecule has 4 aromatic rings. The van der Waals surface area contributed by atoms with Crippen LogP contribution in [0.5, 0.6) is 11.5 Å². The lowest BCUT2D eigenvalue weighted by atomic mass is 10.0. The third-order valence-corrected chi connectivity index (χ3v) is 7.91. The van der Waals surface area contributed by atoms with Gasteiger partial charge in [0.1, 0.15) is 12.2 Å². The molecular formula is C27H25N3O5S2. The van der Waals surface area contributed by atoms with Crippen LogP contribution in [0.15, 0.2) is 83.2 Å². The highest BCUT2D eigenvalue weighted by Gasteiger charge is 2.32. The minimum Gasteiger partial charge on any atom is -0.485 e. The van der Waals surface area contributed by atoms with Gasteiger partial charge in [-0.3, -0.25) is 9.52 Å². The molecule has 0 aliphatic carbocycles. The van der Waals surface area contributed by atoms with Gasteiger partial charge in [-0.05, 0) is 61.9 Å². The Balaban J connectivity index is 1.18. The highest BCUT2D eigenvalue weighted by atomic mass is 32.2. The summed E-state index contributed by atoms with van der Waals surface area (Å²) >= 11 is 1.19. The average molecular weight is 536 g/mol. The number of amides is 1. The molecule has 1 amide bonds. The lowest BCUT2D eigenvalue weighted by Gasteiger charge is -2.18. The highest BCUT2D eigenvalue weighted by molar-refractivity contribution is 7.93. The van der Waals surface area contributed by atoms with E-state index in [1.165, 1.54) is 41.8 Å². The van der Waals surface area contributed by atoms with E-state index in [0.29, 0.717) is 23.6 Å². The normalized spacial score (nSPS) is 13.9. The van der Waals surface area contributed by atoms with Gasteiger partial charge in [0, 0.05) is 34.8 Å². The van der Waals surface area contributed by atoms with E-state index in [-0.39, 0.29) is 21.5 Å². The Kier molecular flexibility index (Phi) is 6.61. The fraction of sp³-hybridized carbons (Fsp3) is 0.185. The number of benzene rings is 3. The number of nitrogens with one attached hydrogen (secondary N) is 2. The second-order valence-electron chi connectivity index (χ2n) is 9.19. The summed E-state index contributed by atoms with van der Waals surface area (Å²) in [5.74, 6) is 1.19. The van der Waals surface area contributed by atoms with E-state index >= 15 is 0 Å². The van der Waals surface area contributed by atoms with Crippen molar-refractivity contribution in [3.05, 3.63) is 95.0 Å². The number of fused-ring (bicyclic) bond motifs is 1. The van der Waals surface area contributed by atoms with Gasteiger partial charge in [-0.15, -0.1) is 11.3 Å². The molecule has 0 bridgehead atoms. The Morgan fingerprint density at radius 3 is 2.54 bits per heavy atom. The number of rotatable bonds is 8. The molecule has 0 saturated heterocycles. The molecule has 2 heterocycles. The van der Waals surface area contributed by atoms with E-state index in [4.69, 9.17) is 9.47 Å². The summed E-state index contributed by atoms with van der Waals surface area (Å²) in [6.45, 7) is 4.45. The summed E-state index contributed by atoms with van der Waals surface area (Å²) in [5, 5.41) is 4.75. The molecule has 1 aliphatic rings. The molecular weight excluding hydrogens is 510 g/mol. The Bertz CT molecular complexity index is 1520. The predicted molar refractivity (Wildman–Crippen MR) is 143 cm³/mol. The number of hydrogen-bond acceptors (Lipinski definition) is 7. The second kappa shape index (κ2) is 9.87. The predicted octanol–water partition coefficient (Wildman–Crippen LogP) is 5.49. The quantitative estimate of drug-likeness (QED) is 0.309. The molecule has 10 heteroatoms. The maximum absolute atomic E-state index is 12.7. The first kappa shape index (κ1) is 24.8. The molecule has 1 aliphatic heterocycles. The van der Waals surface area contributed by atoms with E-state index in [0.717, 1.165) is 23.3 Å². The largest absolute Gasteiger partial charge is 0.485 e. The van der Waals surface area contributed by atoms with Crippen molar-refractivity contribution in [1.82, 2.24) is 4.98 Å². The number of thiazole rings is 1. The Hall–Kier alpha value is -3.89. The number of hydrogen-bond donors (Lipinski definition) is 2. The van der Waals surface area contributed by atoms with Crippen molar-refractivity contribution >= 4 is 38.1 Å². The van der Waals surface area contributed by atoms with Gasteiger partial charge < -0.3 is 14.8 Å². The number of sulfonamides is 1. The van der Waals surface area contributed by atoms with E-state index in [2.05, 4.69) is 34.9 Å². The zero-order valence-corrected chi connectivity index (χ0v) is 21.9. The van der Waals surface area contributed by atoms with Gasteiger partial charge in [-0.1, -0.05) is 24.3 Å². The standard InChI is InChI=1S/C27H25N3O5S2/c1-27(2)16-20-4-3-5-23(24(20)35-27)34-17-18-6-8-19(9-7-18)25(31)29-21-10-12-22(13-11-21)37(32,33)30-26-28-14-15-36-26/h3-15H,16-17H2,1-2H3,(H,28,30)(H,29,31). The monoisotopic (exact) mass is 535 g/mol. The van der Waals surface area contributed by atoms with E-state index in [1.807, 2.05) is 24.3 Å². The van der Waals surface area contributed by atoms with Gasteiger partial charge in [0.25, 0.3) is 15.9 Å². The number of carbonyl (C=O) groups excluding carboxylic acids is 1. The zero-order chi connectivity index (χ0) is 26.0. The average Bonchev–Trinajstić information content (AvgIpc) is 3.49. The van der Waals surface area contributed by atoms with Gasteiger partial charge >= 0.3 is 0 Å². The van der Waals surface area contributed by atoms with Crippen LogP contribution < -0.4 is 19.5 Å². The lowest BCUT2D eigenvalue weighted by Crippen LogP contribution is -2.24. The fourth-order valence-corrected chi connectivity index (χ4v) is 5.77. The molecule has 1 aromatic heterocycles. The summed E-state index contributed by atoms with van der Waals surface area (Å²) < 4.78 is 39.4. The van der Waals surface area contributed by atoms with Gasteiger partial charge in [0.2, 0.25) is 0 Å². The molecule has 37 heavy (non-hydrogen) atoms. The molecule has 5 rings (SSSR count). The smallest absolute Gasteiger partial charge is 0.263 e. The van der Waals surface area contributed by atoms with E-state index < -0.39 is 10.0 Å². The number of aromatic nitrogens is 1. The molecule has 0 unspecified atom stereocenters. The van der Waals surface area contributed by atoms with Gasteiger partial charge in [0.15, 0.2) is 16.6 Å². The van der Waals surface area contributed by atoms with Crippen LogP contribution in [0.3, 0.4) is 0 Å². The van der Waals surface area contributed by atoms with Crippen LogP contribution in [0.2, 0.25) is 0 Å².